The molecule has 0 radical (unpaired) electrons. The highest BCUT2D eigenvalue weighted by Gasteiger charge is 2.33. The lowest BCUT2D eigenvalue weighted by Crippen LogP contribution is -2.58. The average Bonchev–Trinajstić information content (AvgIpc) is 2.50. The summed E-state index contributed by atoms with van der Waals surface area (Å²) in [6.45, 7) is 10.6. The van der Waals surface area contributed by atoms with E-state index < -0.39 is 12.0 Å². The molecule has 0 aromatic heterocycles. The highest BCUT2D eigenvalue weighted by molar-refractivity contribution is 5.88. The van der Waals surface area contributed by atoms with Crippen LogP contribution in [-0.4, -0.2) is 73.0 Å². The van der Waals surface area contributed by atoms with Gasteiger partial charge in [0.2, 0.25) is 11.8 Å². The number of piperazine rings is 1. The largest absolute Gasteiger partial charge is 0.465 e. The fourth-order valence-corrected chi connectivity index (χ4v) is 2.50. The summed E-state index contributed by atoms with van der Waals surface area (Å²) in [4.78, 5) is 39.8. The molecular weight excluding hydrogens is 298 g/mol. The molecule has 1 N–H and O–H groups in total. The lowest BCUT2D eigenvalue weighted by molar-refractivity contribution is -0.150. The molecule has 0 bridgehead atoms. The fourth-order valence-electron chi connectivity index (χ4n) is 2.50. The molecule has 0 aromatic rings. The molecule has 23 heavy (non-hydrogen) atoms. The molecule has 1 unspecified atom stereocenters. The third-order valence-electron chi connectivity index (χ3n) is 3.83. The number of nitrogens with zero attached hydrogens (tertiary/aromatic N) is 2. The summed E-state index contributed by atoms with van der Waals surface area (Å²) in [6.07, 6.45) is -0.0237. The third kappa shape index (κ3) is 6.17. The van der Waals surface area contributed by atoms with Crippen molar-refractivity contribution in [1.82, 2.24) is 15.1 Å². The molecule has 1 aliphatic heterocycles. The zero-order valence-corrected chi connectivity index (χ0v) is 14.6. The van der Waals surface area contributed by atoms with Gasteiger partial charge >= 0.3 is 5.97 Å². The van der Waals surface area contributed by atoms with Gasteiger partial charge in [0.25, 0.3) is 0 Å². The molecule has 0 aliphatic carbocycles. The summed E-state index contributed by atoms with van der Waals surface area (Å²) in [5, 5.41) is 2.75. The van der Waals surface area contributed by atoms with Crippen LogP contribution in [0.1, 0.15) is 34.1 Å². The van der Waals surface area contributed by atoms with Gasteiger partial charge < -0.3 is 15.0 Å². The number of nitrogens with one attached hydrogen (secondary N) is 1. The minimum absolute atomic E-state index is 0.0229. The van der Waals surface area contributed by atoms with E-state index in [2.05, 4.69) is 5.32 Å². The van der Waals surface area contributed by atoms with Crippen molar-refractivity contribution in [2.45, 2.75) is 40.2 Å². The number of carbonyl (C=O) groups is 3. The molecule has 0 spiro atoms. The number of rotatable bonds is 8. The second-order valence-electron chi connectivity index (χ2n) is 6.12. The van der Waals surface area contributed by atoms with Crippen molar-refractivity contribution in [3.05, 3.63) is 0 Å². The maximum Gasteiger partial charge on any atom is 0.307 e. The van der Waals surface area contributed by atoms with Crippen molar-refractivity contribution < 1.29 is 19.1 Å². The topological polar surface area (TPSA) is 79.0 Å². The fraction of sp³-hybridized carbons (Fsp3) is 0.812. The molecule has 1 rings (SSSR count). The molecule has 1 aliphatic rings. The monoisotopic (exact) mass is 327 g/mol. The van der Waals surface area contributed by atoms with Gasteiger partial charge in [-0.25, -0.2) is 0 Å². The first-order valence-electron chi connectivity index (χ1n) is 8.34. The molecule has 7 nitrogen and oxygen atoms in total. The van der Waals surface area contributed by atoms with Crippen molar-refractivity contribution in [3.8, 4) is 0 Å². The second-order valence-corrected chi connectivity index (χ2v) is 6.12. The van der Waals surface area contributed by atoms with E-state index in [1.165, 1.54) is 0 Å². The lowest BCUT2D eigenvalue weighted by atomic mass is 10.1. The lowest BCUT2D eigenvalue weighted by Gasteiger charge is -2.35. The summed E-state index contributed by atoms with van der Waals surface area (Å²) >= 11 is 0. The number of likely N-dealkylation sites (N-methyl/N-ethyl adjacent to an activating group) is 1. The van der Waals surface area contributed by atoms with E-state index in [4.69, 9.17) is 4.74 Å². The maximum absolute atomic E-state index is 12.3. The van der Waals surface area contributed by atoms with E-state index in [0.29, 0.717) is 32.8 Å². The highest BCUT2D eigenvalue weighted by atomic mass is 16.5. The van der Waals surface area contributed by atoms with Crippen LogP contribution in [0.4, 0.5) is 0 Å². The predicted molar refractivity (Wildman–Crippen MR) is 86.7 cm³/mol. The summed E-state index contributed by atoms with van der Waals surface area (Å²) in [5.74, 6) is -0.393. The summed E-state index contributed by atoms with van der Waals surface area (Å²) in [5.41, 5.74) is 0. The first-order valence-corrected chi connectivity index (χ1v) is 8.34. The van der Waals surface area contributed by atoms with E-state index in [9.17, 15) is 14.4 Å². The molecule has 1 saturated heterocycles. The highest BCUT2D eigenvalue weighted by Crippen LogP contribution is 2.11. The number of hydrogen-bond acceptors (Lipinski definition) is 5. The summed E-state index contributed by atoms with van der Waals surface area (Å²) in [6, 6.07) is -0.636. The molecule has 132 valence electrons. The molecule has 1 atom stereocenters. The van der Waals surface area contributed by atoms with Crippen LogP contribution in [0.3, 0.4) is 0 Å². The van der Waals surface area contributed by atoms with E-state index >= 15 is 0 Å². The molecular formula is C16H29N3O4. The Labute approximate surface area is 138 Å². The van der Waals surface area contributed by atoms with Gasteiger partial charge in [0.15, 0.2) is 0 Å². The van der Waals surface area contributed by atoms with Crippen LogP contribution in [0.25, 0.3) is 0 Å². The van der Waals surface area contributed by atoms with Gasteiger partial charge in [0.05, 0.1) is 19.6 Å². The van der Waals surface area contributed by atoms with Crippen LogP contribution in [0, 0.1) is 5.92 Å². The average molecular weight is 327 g/mol. The van der Waals surface area contributed by atoms with Crippen molar-refractivity contribution in [2.24, 2.45) is 5.92 Å². The Morgan fingerprint density at radius 1 is 1.35 bits per heavy atom. The van der Waals surface area contributed by atoms with Crippen molar-refractivity contribution in [2.75, 3.05) is 39.3 Å². The molecule has 1 fully saturated rings. The second kappa shape index (κ2) is 9.50. The Morgan fingerprint density at radius 3 is 2.57 bits per heavy atom. The van der Waals surface area contributed by atoms with Gasteiger partial charge in [-0.2, -0.15) is 0 Å². The summed E-state index contributed by atoms with van der Waals surface area (Å²) in [7, 11) is 0. The number of esters is 1. The van der Waals surface area contributed by atoms with Crippen molar-refractivity contribution in [1.29, 1.82) is 0 Å². The van der Waals surface area contributed by atoms with Gasteiger partial charge in [0, 0.05) is 26.2 Å². The normalized spacial score (nSPS) is 18.7. The predicted octanol–water partition coefficient (Wildman–Crippen LogP) is 0.245. The number of amides is 2. The molecule has 1 heterocycles. The Kier molecular flexibility index (Phi) is 8.02. The quantitative estimate of drug-likeness (QED) is 0.646. The van der Waals surface area contributed by atoms with Gasteiger partial charge in [0.1, 0.15) is 6.04 Å². The molecule has 0 saturated carbocycles. The molecule has 2 amide bonds. The standard InChI is InChI=1S/C16H29N3O4/c1-5-18(6-2)14(20)10-19-8-7-17-16(22)13(19)9-15(21)23-11-12(3)4/h12-13H,5-11H2,1-4H3,(H,17,22). The molecule has 0 aromatic carbocycles. The summed E-state index contributed by atoms with van der Waals surface area (Å²) < 4.78 is 5.16. The van der Waals surface area contributed by atoms with E-state index in [0.717, 1.165) is 0 Å². The number of carbonyl (C=O) groups excluding carboxylic acids is 3. The van der Waals surface area contributed by atoms with Gasteiger partial charge in [-0.1, -0.05) is 13.8 Å². The first-order chi connectivity index (χ1) is 10.9. The minimum Gasteiger partial charge on any atom is -0.465 e. The molecule has 7 heteroatoms. The van der Waals surface area contributed by atoms with Crippen LogP contribution < -0.4 is 5.32 Å². The zero-order valence-electron chi connectivity index (χ0n) is 14.6. The minimum atomic E-state index is -0.636. The zero-order chi connectivity index (χ0) is 17.4. The van der Waals surface area contributed by atoms with Crippen LogP contribution in [0.5, 0.6) is 0 Å². The Morgan fingerprint density at radius 2 is 2.00 bits per heavy atom. The smallest absolute Gasteiger partial charge is 0.307 e. The van der Waals surface area contributed by atoms with Crippen LogP contribution >= 0.6 is 0 Å². The number of ether oxygens (including phenoxy) is 1. The van der Waals surface area contributed by atoms with E-state index in [1.807, 2.05) is 27.7 Å². The van der Waals surface area contributed by atoms with Crippen molar-refractivity contribution >= 4 is 17.8 Å². The van der Waals surface area contributed by atoms with Gasteiger partial charge in [-0.3, -0.25) is 19.3 Å². The van der Waals surface area contributed by atoms with Crippen LogP contribution in [-0.2, 0) is 19.1 Å². The maximum atomic E-state index is 12.3. The third-order valence-corrected chi connectivity index (χ3v) is 3.83. The van der Waals surface area contributed by atoms with Crippen molar-refractivity contribution in [3.63, 3.8) is 0 Å². The first kappa shape index (κ1) is 19.4. The van der Waals surface area contributed by atoms with E-state index in [1.54, 1.807) is 9.80 Å². The van der Waals surface area contributed by atoms with Crippen LogP contribution in [0.15, 0.2) is 0 Å². The Balaban J connectivity index is 2.66. The van der Waals surface area contributed by atoms with Gasteiger partial charge in [-0.05, 0) is 19.8 Å². The Hall–Kier alpha value is -1.63. The number of hydrogen-bond donors (Lipinski definition) is 1. The van der Waals surface area contributed by atoms with E-state index in [-0.39, 0.29) is 30.7 Å². The van der Waals surface area contributed by atoms with Crippen LogP contribution in [0.2, 0.25) is 0 Å². The van der Waals surface area contributed by atoms with Gasteiger partial charge in [-0.15, -0.1) is 0 Å². The Bertz CT molecular complexity index is 422. The SMILES string of the molecule is CCN(CC)C(=O)CN1CCNC(=O)C1CC(=O)OCC(C)C.